The van der Waals surface area contributed by atoms with E-state index in [9.17, 15) is 0 Å². The van der Waals surface area contributed by atoms with Crippen molar-refractivity contribution >= 4 is 29.0 Å². The highest BCUT2D eigenvalue weighted by molar-refractivity contribution is 5.85. The SMILES string of the molecule is Cc1ccc2[nH+]c(-c3cc(C#N)ccc3N)cc(C)c2c1.Cl. The lowest BCUT2D eigenvalue weighted by Gasteiger charge is -2.05. The highest BCUT2D eigenvalue weighted by Crippen LogP contribution is 2.27. The number of nitrogen functional groups attached to an aromatic ring is 1. The first-order chi connectivity index (χ1) is 10.1. The van der Waals surface area contributed by atoms with Crippen LogP contribution in [0.2, 0.25) is 0 Å². The van der Waals surface area contributed by atoms with E-state index in [1.165, 1.54) is 16.5 Å². The van der Waals surface area contributed by atoms with Crippen molar-refractivity contribution in [3.05, 3.63) is 59.2 Å². The zero-order valence-corrected chi connectivity index (χ0v) is 13.3. The van der Waals surface area contributed by atoms with Gasteiger partial charge in [0.15, 0.2) is 0 Å². The lowest BCUT2D eigenvalue weighted by atomic mass is 10.0. The van der Waals surface area contributed by atoms with Crippen LogP contribution in [0.4, 0.5) is 5.69 Å². The molecule has 0 atom stereocenters. The fourth-order valence-electron chi connectivity index (χ4n) is 2.57. The first-order valence-electron chi connectivity index (χ1n) is 6.82. The van der Waals surface area contributed by atoms with Crippen LogP contribution in [0.5, 0.6) is 0 Å². The van der Waals surface area contributed by atoms with E-state index in [0.717, 1.165) is 16.8 Å². The number of nitrogens with two attached hydrogens (primary N) is 1. The van der Waals surface area contributed by atoms with E-state index in [1.807, 2.05) is 6.07 Å². The van der Waals surface area contributed by atoms with Gasteiger partial charge in [-0.3, -0.25) is 0 Å². The van der Waals surface area contributed by atoms with Crippen LogP contribution < -0.4 is 10.7 Å². The van der Waals surface area contributed by atoms with Crippen LogP contribution in [0.15, 0.2) is 42.5 Å². The molecule has 0 aliphatic rings. The summed E-state index contributed by atoms with van der Waals surface area (Å²) in [6.07, 6.45) is 0. The number of aryl methyl sites for hydroxylation is 2. The van der Waals surface area contributed by atoms with Gasteiger partial charge in [0.2, 0.25) is 11.2 Å². The Morgan fingerprint density at radius 3 is 2.55 bits per heavy atom. The van der Waals surface area contributed by atoms with Crippen LogP contribution >= 0.6 is 12.4 Å². The van der Waals surface area contributed by atoms with Crippen molar-refractivity contribution in [1.29, 1.82) is 5.26 Å². The highest BCUT2D eigenvalue weighted by Gasteiger charge is 2.14. The summed E-state index contributed by atoms with van der Waals surface area (Å²) >= 11 is 0. The van der Waals surface area contributed by atoms with Crippen LogP contribution in [0.25, 0.3) is 22.2 Å². The zero-order chi connectivity index (χ0) is 15.0. The number of rotatable bonds is 1. The number of benzene rings is 2. The average molecular weight is 311 g/mol. The van der Waals surface area contributed by atoms with E-state index in [4.69, 9.17) is 11.0 Å². The van der Waals surface area contributed by atoms with Crippen LogP contribution in [0.3, 0.4) is 0 Å². The molecular weight excluding hydrogens is 294 g/mol. The van der Waals surface area contributed by atoms with Gasteiger partial charge in [-0.2, -0.15) is 5.26 Å². The van der Waals surface area contributed by atoms with Gasteiger partial charge in [0.25, 0.3) is 0 Å². The van der Waals surface area contributed by atoms with Crippen molar-refractivity contribution in [2.24, 2.45) is 0 Å². The van der Waals surface area contributed by atoms with Gasteiger partial charge in [-0.05, 0) is 43.7 Å². The summed E-state index contributed by atoms with van der Waals surface area (Å²) in [4.78, 5) is 3.41. The highest BCUT2D eigenvalue weighted by atomic mass is 35.5. The lowest BCUT2D eigenvalue weighted by Crippen LogP contribution is -2.10. The average Bonchev–Trinajstić information content (AvgIpc) is 2.48. The normalized spacial score (nSPS) is 10.0. The summed E-state index contributed by atoms with van der Waals surface area (Å²) in [6, 6.07) is 15.9. The molecule has 0 bridgehead atoms. The van der Waals surface area contributed by atoms with Gasteiger partial charge >= 0.3 is 0 Å². The Bertz CT molecular complexity index is 895. The number of nitriles is 1. The van der Waals surface area contributed by atoms with E-state index < -0.39 is 0 Å². The van der Waals surface area contributed by atoms with Crippen LogP contribution in [-0.2, 0) is 0 Å². The Kier molecular flexibility index (Phi) is 4.35. The predicted molar refractivity (Wildman–Crippen MR) is 91.8 cm³/mol. The van der Waals surface area contributed by atoms with Gasteiger partial charge < -0.3 is 5.73 Å². The molecule has 0 fully saturated rings. The standard InChI is InChI=1S/C18H15N3.ClH/c1-11-3-6-17-14(7-11)12(2)8-18(21-17)15-9-13(10-19)4-5-16(15)20;/h3-9H,20H2,1-2H3;1H/p+1. The molecule has 3 N–H and O–H groups in total. The number of hydrogen-bond acceptors (Lipinski definition) is 2. The molecule has 0 saturated carbocycles. The molecule has 0 saturated heterocycles. The molecule has 110 valence electrons. The molecule has 0 amide bonds. The molecule has 3 aromatic rings. The summed E-state index contributed by atoms with van der Waals surface area (Å²) in [7, 11) is 0. The van der Waals surface area contributed by atoms with Crippen LogP contribution in [0, 0.1) is 25.2 Å². The number of aromatic amines is 1. The van der Waals surface area contributed by atoms with Crippen LogP contribution in [-0.4, -0.2) is 0 Å². The van der Waals surface area contributed by atoms with E-state index in [0.29, 0.717) is 11.3 Å². The molecule has 1 heterocycles. The smallest absolute Gasteiger partial charge is 0.213 e. The van der Waals surface area contributed by atoms with Gasteiger partial charge in [0, 0.05) is 23.2 Å². The summed E-state index contributed by atoms with van der Waals surface area (Å²) < 4.78 is 0. The molecular formula is C18H17ClN3+. The predicted octanol–water partition coefficient (Wildman–Crippen LogP) is 3.81. The van der Waals surface area contributed by atoms with E-state index in [-0.39, 0.29) is 12.4 Å². The molecule has 3 rings (SSSR count). The minimum Gasteiger partial charge on any atom is -0.398 e. The summed E-state index contributed by atoms with van der Waals surface area (Å²) in [5.74, 6) is 0. The third-order valence-corrected chi connectivity index (χ3v) is 3.70. The lowest BCUT2D eigenvalue weighted by molar-refractivity contribution is -0.331. The second-order valence-electron chi connectivity index (χ2n) is 5.33. The molecule has 0 spiro atoms. The number of aromatic nitrogens is 1. The van der Waals surface area contributed by atoms with Gasteiger partial charge in [0.1, 0.15) is 0 Å². The fourth-order valence-corrected chi connectivity index (χ4v) is 2.57. The molecule has 0 unspecified atom stereocenters. The van der Waals surface area contributed by atoms with Crippen molar-refractivity contribution < 1.29 is 4.98 Å². The summed E-state index contributed by atoms with van der Waals surface area (Å²) in [6.45, 7) is 4.17. The quantitative estimate of drug-likeness (QED) is 0.695. The van der Waals surface area contributed by atoms with Crippen molar-refractivity contribution in [2.75, 3.05) is 5.73 Å². The van der Waals surface area contributed by atoms with Crippen molar-refractivity contribution in [3.63, 3.8) is 0 Å². The van der Waals surface area contributed by atoms with E-state index >= 15 is 0 Å². The summed E-state index contributed by atoms with van der Waals surface area (Å²) in [5.41, 5.74) is 12.6. The number of pyridine rings is 1. The molecule has 3 nitrogen and oxygen atoms in total. The van der Waals surface area contributed by atoms with Gasteiger partial charge in [0.05, 0.1) is 17.2 Å². The topological polar surface area (TPSA) is 64.0 Å². The van der Waals surface area contributed by atoms with Crippen molar-refractivity contribution in [2.45, 2.75) is 13.8 Å². The maximum Gasteiger partial charge on any atom is 0.213 e. The van der Waals surface area contributed by atoms with Crippen molar-refractivity contribution in [3.8, 4) is 17.3 Å². The third kappa shape index (κ3) is 2.74. The first-order valence-corrected chi connectivity index (χ1v) is 6.82. The Hall–Kier alpha value is -2.57. The third-order valence-electron chi connectivity index (χ3n) is 3.70. The minimum absolute atomic E-state index is 0. The largest absolute Gasteiger partial charge is 0.398 e. The number of nitrogens with zero attached hydrogens (tertiary/aromatic N) is 1. The number of hydrogen-bond donors (Lipinski definition) is 1. The van der Waals surface area contributed by atoms with Gasteiger partial charge in [-0.15, -0.1) is 12.4 Å². The Morgan fingerprint density at radius 1 is 1.05 bits per heavy atom. The van der Waals surface area contributed by atoms with Crippen LogP contribution in [0.1, 0.15) is 16.7 Å². The minimum atomic E-state index is 0. The second-order valence-corrected chi connectivity index (χ2v) is 5.33. The monoisotopic (exact) mass is 310 g/mol. The van der Waals surface area contributed by atoms with Gasteiger partial charge in [-0.25, -0.2) is 4.98 Å². The molecule has 22 heavy (non-hydrogen) atoms. The number of nitrogens with one attached hydrogen (secondary N) is 1. The number of fused-ring (bicyclic) bond motifs is 1. The fraction of sp³-hybridized carbons (Fsp3) is 0.111. The van der Waals surface area contributed by atoms with E-state index in [2.05, 4.69) is 49.2 Å². The number of H-pyrrole nitrogens is 1. The Morgan fingerprint density at radius 2 is 1.82 bits per heavy atom. The maximum absolute atomic E-state index is 9.06. The first kappa shape index (κ1) is 15.8. The molecule has 1 aromatic heterocycles. The van der Waals surface area contributed by atoms with E-state index in [1.54, 1.807) is 12.1 Å². The second kappa shape index (κ2) is 6.05. The Labute approximate surface area is 135 Å². The maximum atomic E-state index is 9.06. The number of halogens is 1. The van der Waals surface area contributed by atoms with Gasteiger partial charge in [-0.1, -0.05) is 11.6 Å². The van der Waals surface area contributed by atoms with Crippen molar-refractivity contribution in [1.82, 2.24) is 0 Å². The molecule has 0 radical (unpaired) electrons. The molecule has 0 aliphatic carbocycles. The number of anilines is 1. The molecule has 0 aliphatic heterocycles. The summed E-state index contributed by atoms with van der Waals surface area (Å²) in [5, 5.41) is 10.3. The Balaban J connectivity index is 0.00000176. The zero-order valence-electron chi connectivity index (χ0n) is 12.5. The molecule has 2 aromatic carbocycles. The molecule has 4 heteroatoms.